The Kier molecular flexibility index (Phi) is 2.52. The van der Waals surface area contributed by atoms with Gasteiger partial charge in [0.15, 0.2) is 0 Å². The third-order valence-corrected chi connectivity index (χ3v) is 3.50. The molecule has 0 saturated heterocycles. The van der Waals surface area contributed by atoms with Crippen molar-refractivity contribution >= 4 is 10.9 Å². The molecule has 3 rings (SSSR count). The van der Waals surface area contributed by atoms with E-state index in [0.717, 1.165) is 16.6 Å². The average Bonchev–Trinajstić information content (AvgIpc) is 2.76. The maximum absolute atomic E-state index is 11.4. The zero-order valence-corrected chi connectivity index (χ0v) is 11.2. The van der Waals surface area contributed by atoms with E-state index in [0.29, 0.717) is 0 Å². The smallest absolute Gasteiger partial charge is 0.250 e. The minimum atomic E-state index is -0.0211. The summed E-state index contributed by atoms with van der Waals surface area (Å²) < 4.78 is 3.42. The topological polar surface area (TPSA) is 39.8 Å². The largest absolute Gasteiger partial charge is 0.316 e. The lowest BCUT2D eigenvalue weighted by Gasteiger charge is -2.06. The van der Waals surface area contributed by atoms with Gasteiger partial charge in [-0.15, -0.1) is 0 Å². The van der Waals surface area contributed by atoms with Crippen LogP contribution in [0.4, 0.5) is 0 Å². The molecule has 0 aliphatic heterocycles. The van der Waals surface area contributed by atoms with Crippen LogP contribution < -0.4 is 5.56 Å². The van der Waals surface area contributed by atoms with Crippen LogP contribution in [0.2, 0.25) is 0 Å². The number of hydrogen-bond acceptors (Lipinski definition) is 2. The molecule has 0 bridgehead atoms. The quantitative estimate of drug-likeness (QED) is 0.668. The lowest BCUT2D eigenvalue weighted by molar-refractivity contribution is 0.822. The Balaban J connectivity index is 2.27. The summed E-state index contributed by atoms with van der Waals surface area (Å²) >= 11 is 0. The maximum atomic E-state index is 11.4. The lowest BCUT2D eigenvalue weighted by Crippen LogP contribution is -2.15. The van der Waals surface area contributed by atoms with Crippen molar-refractivity contribution in [1.29, 1.82) is 0 Å². The van der Waals surface area contributed by atoms with Crippen LogP contribution in [0.3, 0.4) is 0 Å². The van der Waals surface area contributed by atoms with E-state index < -0.39 is 0 Å². The summed E-state index contributed by atoms with van der Waals surface area (Å²) in [5.41, 5.74) is 4.42. The van der Waals surface area contributed by atoms with Crippen LogP contribution in [0, 0.1) is 13.8 Å². The van der Waals surface area contributed by atoms with Crippen LogP contribution in [0.25, 0.3) is 16.6 Å². The molecule has 0 amide bonds. The SMILES string of the molecule is Cc1cc2cnn(-c3ccc(=O)n(C)c3)c2cc1C. The summed E-state index contributed by atoms with van der Waals surface area (Å²) in [5.74, 6) is 0. The van der Waals surface area contributed by atoms with Crippen molar-refractivity contribution in [2.75, 3.05) is 0 Å². The summed E-state index contributed by atoms with van der Waals surface area (Å²) in [6.07, 6.45) is 3.65. The molecule has 2 aromatic heterocycles. The number of fused-ring (bicyclic) bond motifs is 1. The average molecular weight is 253 g/mol. The van der Waals surface area contributed by atoms with E-state index in [1.54, 1.807) is 29.9 Å². The van der Waals surface area contributed by atoms with Crippen molar-refractivity contribution < 1.29 is 0 Å². The highest BCUT2D eigenvalue weighted by atomic mass is 16.1. The van der Waals surface area contributed by atoms with Gasteiger partial charge in [-0.05, 0) is 43.2 Å². The monoisotopic (exact) mass is 253 g/mol. The van der Waals surface area contributed by atoms with E-state index in [1.807, 2.05) is 10.9 Å². The second kappa shape index (κ2) is 4.09. The highest BCUT2D eigenvalue weighted by Crippen LogP contribution is 2.21. The molecule has 0 aliphatic carbocycles. The van der Waals surface area contributed by atoms with Gasteiger partial charge in [0.2, 0.25) is 5.56 Å². The molecular weight excluding hydrogens is 238 g/mol. The van der Waals surface area contributed by atoms with Crippen molar-refractivity contribution in [3.8, 4) is 5.69 Å². The Morgan fingerprint density at radius 1 is 1.11 bits per heavy atom. The first-order chi connectivity index (χ1) is 9.06. The van der Waals surface area contributed by atoms with Crippen LogP contribution in [0.5, 0.6) is 0 Å². The first-order valence-corrected chi connectivity index (χ1v) is 6.18. The van der Waals surface area contributed by atoms with Gasteiger partial charge in [0.25, 0.3) is 0 Å². The van der Waals surface area contributed by atoms with Gasteiger partial charge >= 0.3 is 0 Å². The lowest BCUT2D eigenvalue weighted by atomic mass is 10.1. The second-order valence-electron chi connectivity index (χ2n) is 4.89. The van der Waals surface area contributed by atoms with Gasteiger partial charge in [-0.25, -0.2) is 4.68 Å². The molecule has 0 unspecified atom stereocenters. The molecule has 2 heterocycles. The fourth-order valence-electron chi connectivity index (χ4n) is 2.20. The van der Waals surface area contributed by atoms with Gasteiger partial charge in [0.05, 0.1) is 17.4 Å². The number of aryl methyl sites for hydroxylation is 3. The predicted molar refractivity (Wildman–Crippen MR) is 75.8 cm³/mol. The molecule has 0 aliphatic rings. The fourth-order valence-corrected chi connectivity index (χ4v) is 2.20. The molecular formula is C15H15N3O. The summed E-state index contributed by atoms with van der Waals surface area (Å²) in [6, 6.07) is 7.62. The number of hydrogen-bond donors (Lipinski definition) is 0. The van der Waals surface area contributed by atoms with Crippen molar-refractivity contribution in [3.63, 3.8) is 0 Å². The Morgan fingerprint density at radius 2 is 1.84 bits per heavy atom. The fraction of sp³-hybridized carbons (Fsp3) is 0.200. The predicted octanol–water partition coefficient (Wildman–Crippen LogP) is 2.34. The zero-order chi connectivity index (χ0) is 13.6. The van der Waals surface area contributed by atoms with Crippen molar-refractivity contribution in [2.45, 2.75) is 13.8 Å². The summed E-state index contributed by atoms with van der Waals surface area (Å²) in [6.45, 7) is 4.19. The molecule has 0 spiro atoms. The van der Waals surface area contributed by atoms with Gasteiger partial charge < -0.3 is 4.57 Å². The van der Waals surface area contributed by atoms with E-state index in [1.165, 1.54) is 11.1 Å². The Labute approximate surface area is 110 Å². The minimum Gasteiger partial charge on any atom is -0.316 e. The van der Waals surface area contributed by atoms with Gasteiger partial charge in [0, 0.05) is 24.7 Å². The van der Waals surface area contributed by atoms with Gasteiger partial charge in [-0.1, -0.05) is 0 Å². The van der Waals surface area contributed by atoms with E-state index in [4.69, 9.17) is 0 Å². The summed E-state index contributed by atoms with van der Waals surface area (Å²) in [7, 11) is 1.74. The van der Waals surface area contributed by atoms with E-state index in [-0.39, 0.29) is 5.56 Å². The number of rotatable bonds is 1. The highest BCUT2D eigenvalue weighted by molar-refractivity contribution is 5.81. The number of nitrogens with zero attached hydrogens (tertiary/aromatic N) is 3. The van der Waals surface area contributed by atoms with Gasteiger partial charge in [0.1, 0.15) is 0 Å². The Hall–Kier alpha value is -2.36. The summed E-state index contributed by atoms with van der Waals surface area (Å²) in [4.78, 5) is 11.4. The van der Waals surface area contributed by atoms with Crippen molar-refractivity contribution in [3.05, 3.63) is 58.1 Å². The third kappa shape index (κ3) is 1.85. The Morgan fingerprint density at radius 3 is 2.58 bits per heavy atom. The molecule has 0 radical (unpaired) electrons. The standard InChI is InChI=1S/C15H15N3O/c1-10-6-12-8-16-18(14(12)7-11(10)2)13-4-5-15(19)17(3)9-13/h4-9H,1-3H3. The van der Waals surface area contributed by atoms with Crippen molar-refractivity contribution in [2.24, 2.45) is 7.05 Å². The van der Waals surface area contributed by atoms with Crippen LogP contribution in [0.1, 0.15) is 11.1 Å². The molecule has 0 fully saturated rings. The Bertz CT molecular complexity index is 827. The minimum absolute atomic E-state index is 0.0211. The first kappa shape index (κ1) is 11.7. The molecule has 4 heteroatoms. The van der Waals surface area contributed by atoms with Gasteiger partial charge in [-0.3, -0.25) is 4.79 Å². The van der Waals surface area contributed by atoms with Crippen LogP contribution in [-0.2, 0) is 7.05 Å². The van der Waals surface area contributed by atoms with Crippen LogP contribution in [0.15, 0.2) is 41.5 Å². The molecule has 3 aromatic rings. The van der Waals surface area contributed by atoms with E-state index in [9.17, 15) is 4.79 Å². The van der Waals surface area contributed by atoms with Gasteiger partial charge in [-0.2, -0.15) is 5.10 Å². The van der Waals surface area contributed by atoms with Crippen LogP contribution in [-0.4, -0.2) is 14.3 Å². The molecule has 1 aromatic carbocycles. The summed E-state index contributed by atoms with van der Waals surface area (Å²) in [5, 5.41) is 5.53. The first-order valence-electron chi connectivity index (χ1n) is 6.18. The molecule has 4 nitrogen and oxygen atoms in total. The van der Waals surface area contributed by atoms with Crippen molar-refractivity contribution in [1.82, 2.24) is 14.3 Å². The number of aromatic nitrogens is 3. The number of pyridine rings is 1. The normalized spacial score (nSPS) is 11.1. The molecule has 0 atom stereocenters. The van der Waals surface area contributed by atoms with E-state index >= 15 is 0 Å². The third-order valence-electron chi connectivity index (χ3n) is 3.50. The van der Waals surface area contributed by atoms with E-state index in [2.05, 4.69) is 31.1 Å². The highest BCUT2D eigenvalue weighted by Gasteiger charge is 2.07. The zero-order valence-electron chi connectivity index (χ0n) is 11.2. The molecule has 96 valence electrons. The maximum Gasteiger partial charge on any atom is 0.250 e. The molecule has 0 saturated carbocycles. The second-order valence-corrected chi connectivity index (χ2v) is 4.89. The molecule has 0 N–H and O–H groups in total. The number of benzene rings is 1. The van der Waals surface area contributed by atoms with Crippen LogP contribution >= 0.6 is 0 Å². The molecule has 19 heavy (non-hydrogen) atoms.